The lowest BCUT2D eigenvalue weighted by Crippen LogP contribution is -2.53. The van der Waals surface area contributed by atoms with Gasteiger partial charge in [0.15, 0.2) is 0 Å². The summed E-state index contributed by atoms with van der Waals surface area (Å²) in [7, 11) is 1.69. The lowest BCUT2D eigenvalue weighted by Gasteiger charge is -2.36. The van der Waals surface area contributed by atoms with Crippen LogP contribution in [0.15, 0.2) is 42.9 Å². The van der Waals surface area contributed by atoms with Crippen molar-refractivity contribution in [3.63, 3.8) is 0 Å². The average Bonchev–Trinajstić information content (AvgIpc) is 3.21. The molecule has 1 unspecified atom stereocenters. The topological polar surface area (TPSA) is 89.7 Å². The molecule has 0 amide bonds. The first-order chi connectivity index (χ1) is 16.5. The van der Waals surface area contributed by atoms with Crippen LogP contribution in [0, 0.1) is 0 Å². The number of anilines is 1. The van der Waals surface area contributed by atoms with Crippen LogP contribution in [0.2, 0.25) is 0 Å². The minimum absolute atomic E-state index is 0.100. The molecule has 0 spiro atoms. The van der Waals surface area contributed by atoms with Crippen LogP contribution in [0.5, 0.6) is 5.88 Å². The molecular formula is C23H23F2N7O2. The van der Waals surface area contributed by atoms with Crippen LogP contribution in [-0.4, -0.2) is 80.9 Å². The molecule has 176 valence electrons. The van der Waals surface area contributed by atoms with Crippen molar-refractivity contribution in [2.45, 2.75) is 24.5 Å². The number of aromatic nitrogens is 5. The van der Waals surface area contributed by atoms with E-state index in [9.17, 15) is 8.78 Å². The molecule has 2 aliphatic rings. The van der Waals surface area contributed by atoms with Gasteiger partial charge in [-0.25, -0.2) is 13.3 Å². The standard InChI is InChI=1S/C23H23F2N7O2/c1-31-8-5-19(23(24,25)13-31)28-22-29-21(34-15-11-33-12-15)20-16(4-9-32(20)30-22)14-2-3-17-18(10-14)27-7-6-26-17/h2-4,6-7,9-10,15,19H,5,8,11-13H2,1H3,(H,28,30). The van der Waals surface area contributed by atoms with Crippen LogP contribution in [0.25, 0.3) is 27.7 Å². The number of hydrogen-bond donors (Lipinski definition) is 1. The molecular weight excluding hydrogens is 444 g/mol. The molecule has 0 bridgehead atoms. The number of rotatable bonds is 5. The first kappa shape index (κ1) is 21.1. The van der Waals surface area contributed by atoms with E-state index in [4.69, 9.17) is 9.47 Å². The van der Waals surface area contributed by atoms with E-state index in [2.05, 4.69) is 25.4 Å². The Bertz CT molecular complexity index is 1360. The van der Waals surface area contributed by atoms with Crippen molar-refractivity contribution in [1.82, 2.24) is 29.5 Å². The highest BCUT2D eigenvalue weighted by Crippen LogP contribution is 2.34. The van der Waals surface area contributed by atoms with Crippen LogP contribution < -0.4 is 10.1 Å². The molecule has 1 aromatic carbocycles. The Morgan fingerprint density at radius 2 is 1.97 bits per heavy atom. The highest BCUT2D eigenvalue weighted by atomic mass is 19.3. The first-order valence-corrected chi connectivity index (χ1v) is 11.1. The molecule has 3 aromatic heterocycles. The van der Waals surface area contributed by atoms with Crippen LogP contribution in [0.1, 0.15) is 6.42 Å². The van der Waals surface area contributed by atoms with E-state index in [0.29, 0.717) is 31.2 Å². The maximum absolute atomic E-state index is 14.6. The molecule has 2 aliphatic heterocycles. The van der Waals surface area contributed by atoms with Crippen molar-refractivity contribution in [3.05, 3.63) is 42.9 Å². The molecule has 6 rings (SSSR count). The Morgan fingerprint density at radius 1 is 1.15 bits per heavy atom. The fourth-order valence-electron chi connectivity index (χ4n) is 4.38. The first-order valence-electron chi connectivity index (χ1n) is 11.1. The van der Waals surface area contributed by atoms with E-state index in [0.717, 1.165) is 22.2 Å². The van der Waals surface area contributed by atoms with Gasteiger partial charge in [-0.2, -0.15) is 4.98 Å². The molecule has 34 heavy (non-hydrogen) atoms. The van der Waals surface area contributed by atoms with Gasteiger partial charge in [-0.15, -0.1) is 5.10 Å². The third kappa shape index (κ3) is 3.80. The van der Waals surface area contributed by atoms with E-state index >= 15 is 0 Å². The number of ether oxygens (including phenoxy) is 2. The lowest BCUT2D eigenvalue weighted by molar-refractivity contribution is -0.0809. The second-order valence-electron chi connectivity index (χ2n) is 8.78. The minimum atomic E-state index is -2.90. The van der Waals surface area contributed by atoms with E-state index in [1.165, 1.54) is 0 Å². The molecule has 2 saturated heterocycles. The van der Waals surface area contributed by atoms with Gasteiger partial charge >= 0.3 is 0 Å². The van der Waals surface area contributed by atoms with Crippen molar-refractivity contribution in [1.29, 1.82) is 0 Å². The second-order valence-corrected chi connectivity index (χ2v) is 8.78. The van der Waals surface area contributed by atoms with Crippen LogP contribution in [0.3, 0.4) is 0 Å². The molecule has 0 radical (unpaired) electrons. The number of halogens is 2. The summed E-state index contributed by atoms with van der Waals surface area (Å²) < 4.78 is 42.2. The van der Waals surface area contributed by atoms with Gasteiger partial charge < -0.3 is 19.7 Å². The maximum atomic E-state index is 14.6. The maximum Gasteiger partial charge on any atom is 0.280 e. The third-order valence-electron chi connectivity index (χ3n) is 6.24. The van der Waals surface area contributed by atoms with Crippen LogP contribution >= 0.6 is 0 Å². The third-order valence-corrected chi connectivity index (χ3v) is 6.24. The van der Waals surface area contributed by atoms with Crippen molar-refractivity contribution in [2.24, 2.45) is 0 Å². The zero-order valence-corrected chi connectivity index (χ0v) is 18.5. The summed E-state index contributed by atoms with van der Waals surface area (Å²) in [6.07, 6.45) is 5.21. The summed E-state index contributed by atoms with van der Waals surface area (Å²) in [5.74, 6) is -2.48. The summed E-state index contributed by atoms with van der Waals surface area (Å²) in [4.78, 5) is 14.9. The number of piperidine rings is 1. The quantitative estimate of drug-likeness (QED) is 0.479. The summed E-state index contributed by atoms with van der Waals surface area (Å²) in [5, 5.41) is 7.34. The number of benzene rings is 1. The Morgan fingerprint density at radius 3 is 2.74 bits per heavy atom. The minimum Gasteiger partial charge on any atom is -0.468 e. The Hall–Kier alpha value is -3.44. The molecule has 2 fully saturated rings. The largest absolute Gasteiger partial charge is 0.468 e. The molecule has 5 heterocycles. The smallest absolute Gasteiger partial charge is 0.280 e. The van der Waals surface area contributed by atoms with Gasteiger partial charge in [-0.1, -0.05) is 6.07 Å². The van der Waals surface area contributed by atoms with Crippen molar-refractivity contribution < 1.29 is 18.3 Å². The molecule has 9 nitrogen and oxygen atoms in total. The number of nitrogens with zero attached hydrogens (tertiary/aromatic N) is 6. The van der Waals surface area contributed by atoms with Crippen LogP contribution in [0.4, 0.5) is 14.7 Å². The number of nitrogens with one attached hydrogen (secondary N) is 1. The molecule has 1 N–H and O–H groups in total. The van der Waals surface area contributed by atoms with Crippen molar-refractivity contribution >= 4 is 22.5 Å². The summed E-state index contributed by atoms with van der Waals surface area (Å²) in [5.41, 5.74) is 3.95. The molecule has 4 aromatic rings. The van der Waals surface area contributed by atoms with Gasteiger partial charge in [0.25, 0.3) is 5.92 Å². The summed E-state index contributed by atoms with van der Waals surface area (Å²) in [6, 6.07) is 6.64. The molecule has 0 saturated carbocycles. The number of alkyl halides is 2. The SMILES string of the molecule is CN1CCC(Nc2nc(OC3COC3)c3c(-c4ccc5nccnc5c4)ccn3n2)C(F)(F)C1. The molecule has 0 aliphatic carbocycles. The zero-order chi connectivity index (χ0) is 23.3. The van der Waals surface area contributed by atoms with Crippen molar-refractivity contribution in [3.8, 4) is 17.0 Å². The van der Waals surface area contributed by atoms with E-state index in [1.54, 1.807) is 35.1 Å². The van der Waals surface area contributed by atoms with Gasteiger partial charge in [0, 0.05) is 30.7 Å². The van der Waals surface area contributed by atoms with Gasteiger partial charge in [-0.3, -0.25) is 9.97 Å². The zero-order valence-electron chi connectivity index (χ0n) is 18.5. The molecule has 11 heteroatoms. The summed E-state index contributed by atoms with van der Waals surface area (Å²) in [6.45, 7) is 1.16. The van der Waals surface area contributed by atoms with E-state index in [1.807, 2.05) is 24.3 Å². The Labute approximate surface area is 193 Å². The van der Waals surface area contributed by atoms with Gasteiger partial charge in [0.05, 0.1) is 36.8 Å². The Kier molecular flexibility index (Phi) is 5.03. The van der Waals surface area contributed by atoms with Crippen molar-refractivity contribution in [2.75, 3.05) is 38.7 Å². The highest BCUT2D eigenvalue weighted by molar-refractivity contribution is 5.89. The average molecular weight is 467 g/mol. The number of fused-ring (bicyclic) bond motifs is 2. The summed E-state index contributed by atoms with van der Waals surface area (Å²) >= 11 is 0. The lowest BCUT2D eigenvalue weighted by atomic mass is 10.0. The number of likely N-dealkylation sites (tertiary alicyclic amines) is 1. The number of hydrogen-bond acceptors (Lipinski definition) is 8. The second kappa shape index (κ2) is 8.10. The fraction of sp³-hybridized carbons (Fsp3) is 0.391. The monoisotopic (exact) mass is 467 g/mol. The normalized spacial score (nSPS) is 21.0. The predicted molar refractivity (Wildman–Crippen MR) is 121 cm³/mol. The van der Waals surface area contributed by atoms with Crippen LogP contribution in [-0.2, 0) is 4.74 Å². The Balaban J connectivity index is 1.41. The van der Waals surface area contributed by atoms with Gasteiger partial charge in [-0.05, 0) is 37.2 Å². The van der Waals surface area contributed by atoms with Gasteiger partial charge in [0.2, 0.25) is 11.8 Å². The van der Waals surface area contributed by atoms with E-state index in [-0.39, 0.29) is 25.0 Å². The predicted octanol–water partition coefficient (Wildman–Crippen LogP) is 2.87. The fourth-order valence-corrected chi connectivity index (χ4v) is 4.38. The highest BCUT2D eigenvalue weighted by Gasteiger charge is 2.44. The van der Waals surface area contributed by atoms with E-state index < -0.39 is 12.0 Å². The van der Waals surface area contributed by atoms with Gasteiger partial charge in [0.1, 0.15) is 11.6 Å². The molecule has 1 atom stereocenters.